The molecule has 2 heterocycles. The van der Waals surface area contributed by atoms with Crippen molar-refractivity contribution in [1.29, 1.82) is 0 Å². The van der Waals surface area contributed by atoms with Gasteiger partial charge < -0.3 is 4.42 Å². The molecule has 0 aliphatic heterocycles. The van der Waals surface area contributed by atoms with Crippen molar-refractivity contribution in [3.63, 3.8) is 0 Å². The third kappa shape index (κ3) is 2.20. The summed E-state index contributed by atoms with van der Waals surface area (Å²) in [6, 6.07) is 3.43. The molecule has 0 bridgehead atoms. The summed E-state index contributed by atoms with van der Waals surface area (Å²) in [5, 5.41) is 0.381. The number of nitrogens with zero attached hydrogens (tertiary/aromatic N) is 2. The minimum absolute atomic E-state index is 0.0942. The molecule has 3 rings (SSSR count). The van der Waals surface area contributed by atoms with Gasteiger partial charge in [0.2, 0.25) is 0 Å². The highest BCUT2D eigenvalue weighted by Gasteiger charge is 2.20. The molecule has 2 aromatic heterocycles. The molecule has 1 aliphatic rings. The van der Waals surface area contributed by atoms with Crippen LogP contribution in [0.15, 0.2) is 32.3 Å². The highest BCUT2D eigenvalue weighted by atomic mass is 16.4. The minimum atomic E-state index is -0.599. The summed E-state index contributed by atoms with van der Waals surface area (Å²) in [6.07, 6.45) is 8.10. The molecule has 19 heavy (non-hydrogen) atoms. The topological polar surface area (TPSA) is 65.1 Å². The zero-order chi connectivity index (χ0) is 13.2. The van der Waals surface area contributed by atoms with Gasteiger partial charge in [0, 0.05) is 12.2 Å². The van der Waals surface area contributed by atoms with Gasteiger partial charge in [-0.25, -0.2) is 14.6 Å². The Morgan fingerprint density at radius 3 is 2.63 bits per heavy atom. The zero-order valence-electron chi connectivity index (χ0n) is 10.7. The molecule has 5 nitrogen and oxygen atoms in total. The van der Waals surface area contributed by atoms with Crippen molar-refractivity contribution in [2.24, 2.45) is 0 Å². The van der Waals surface area contributed by atoms with E-state index in [2.05, 4.69) is 4.98 Å². The van der Waals surface area contributed by atoms with Gasteiger partial charge in [-0.05, 0) is 25.0 Å². The molecule has 0 atom stereocenters. The predicted octanol–water partition coefficient (Wildman–Crippen LogP) is 2.25. The van der Waals surface area contributed by atoms with Crippen molar-refractivity contribution < 1.29 is 4.42 Å². The lowest BCUT2D eigenvalue weighted by Gasteiger charge is -2.17. The van der Waals surface area contributed by atoms with Gasteiger partial charge in [0.1, 0.15) is 5.39 Å². The second-order valence-electron chi connectivity index (χ2n) is 5.05. The van der Waals surface area contributed by atoms with Gasteiger partial charge in [-0.3, -0.25) is 4.57 Å². The lowest BCUT2D eigenvalue weighted by molar-refractivity contribution is 0.354. The van der Waals surface area contributed by atoms with Gasteiger partial charge in [0.15, 0.2) is 5.65 Å². The highest BCUT2D eigenvalue weighted by molar-refractivity contribution is 5.72. The number of fused-ring (bicyclic) bond motifs is 1. The average Bonchev–Trinajstić information content (AvgIpc) is 2.68. The van der Waals surface area contributed by atoms with E-state index in [9.17, 15) is 9.59 Å². The number of hydrogen-bond acceptors (Lipinski definition) is 4. The van der Waals surface area contributed by atoms with E-state index in [1.165, 1.54) is 12.8 Å². The molecule has 0 saturated heterocycles. The first-order valence-electron chi connectivity index (χ1n) is 6.78. The standard InChI is InChI=1S/C14H16N2O3/c17-13-11-8-5-9-15-12(11)16(14(18)19-13)10-6-3-1-2-4-7-10/h5,8-10H,1-4,6-7H2. The summed E-state index contributed by atoms with van der Waals surface area (Å²) in [5.41, 5.74) is -0.145. The van der Waals surface area contributed by atoms with Crippen LogP contribution in [0.5, 0.6) is 0 Å². The van der Waals surface area contributed by atoms with E-state index in [-0.39, 0.29) is 6.04 Å². The van der Waals surface area contributed by atoms with E-state index < -0.39 is 11.4 Å². The van der Waals surface area contributed by atoms with Crippen molar-refractivity contribution in [2.45, 2.75) is 44.6 Å². The second kappa shape index (κ2) is 4.99. The molecule has 1 fully saturated rings. The molecule has 0 radical (unpaired) electrons. The van der Waals surface area contributed by atoms with Gasteiger partial charge >= 0.3 is 11.4 Å². The van der Waals surface area contributed by atoms with Crippen LogP contribution in [-0.4, -0.2) is 9.55 Å². The Morgan fingerprint density at radius 1 is 1.16 bits per heavy atom. The van der Waals surface area contributed by atoms with Crippen LogP contribution in [0.25, 0.3) is 11.0 Å². The van der Waals surface area contributed by atoms with Crippen molar-refractivity contribution in [3.05, 3.63) is 39.3 Å². The summed E-state index contributed by atoms with van der Waals surface area (Å²) in [4.78, 5) is 27.9. The molecule has 0 spiro atoms. The molecule has 0 N–H and O–H groups in total. The van der Waals surface area contributed by atoms with Crippen LogP contribution in [0, 0.1) is 0 Å². The third-order valence-electron chi connectivity index (χ3n) is 3.80. The third-order valence-corrected chi connectivity index (χ3v) is 3.80. The highest BCUT2D eigenvalue weighted by Crippen LogP contribution is 2.27. The van der Waals surface area contributed by atoms with Crippen LogP contribution in [0.3, 0.4) is 0 Å². The first-order chi connectivity index (χ1) is 9.27. The molecule has 100 valence electrons. The SMILES string of the molecule is O=c1oc(=O)n(C2CCCCCC2)c2ncccc12. The largest absolute Gasteiger partial charge is 0.423 e. The number of aromatic nitrogens is 2. The first-order valence-corrected chi connectivity index (χ1v) is 6.78. The quantitative estimate of drug-likeness (QED) is 0.738. The molecular weight excluding hydrogens is 244 g/mol. The van der Waals surface area contributed by atoms with Crippen molar-refractivity contribution in [1.82, 2.24) is 9.55 Å². The van der Waals surface area contributed by atoms with Crippen LogP contribution in [0.4, 0.5) is 0 Å². The van der Waals surface area contributed by atoms with Crippen LogP contribution in [0.1, 0.15) is 44.6 Å². The predicted molar refractivity (Wildman–Crippen MR) is 71.3 cm³/mol. The molecule has 0 amide bonds. The lowest BCUT2D eigenvalue weighted by atomic mass is 10.1. The molecule has 1 aliphatic carbocycles. The minimum Gasteiger partial charge on any atom is -0.372 e. The van der Waals surface area contributed by atoms with Crippen LogP contribution >= 0.6 is 0 Å². The van der Waals surface area contributed by atoms with E-state index in [0.29, 0.717) is 11.0 Å². The Kier molecular flexibility index (Phi) is 3.19. The van der Waals surface area contributed by atoms with E-state index >= 15 is 0 Å². The Bertz CT molecular complexity index is 694. The zero-order valence-corrected chi connectivity index (χ0v) is 10.7. The monoisotopic (exact) mass is 260 g/mol. The molecular formula is C14H16N2O3. The molecule has 5 heteroatoms. The smallest absolute Gasteiger partial charge is 0.372 e. The number of rotatable bonds is 1. The molecule has 0 unspecified atom stereocenters. The summed E-state index contributed by atoms with van der Waals surface area (Å²) in [5.74, 6) is -0.580. The van der Waals surface area contributed by atoms with Crippen molar-refractivity contribution >= 4 is 11.0 Å². The Balaban J connectivity index is 2.22. The van der Waals surface area contributed by atoms with E-state index in [1.54, 1.807) is 22.9 Å². The normalized spacial score (nSPS) is 17.5. The average molecular weight is 260 g/mol. The van der Waals surface area contributed by atoms with Crippen LogP contribution in [0.2, 0.25) is 0 Å². The van der Waals surface area contributed by atoms with E-state index in [4.69, 9.17) is 4.42 Å². The van der Waals surface area contributed by atoms with Crippen LogP contribution in [-0.2, 0) is 0 Å². The van der Waals surface area contributed by atoms with Gasteiger partial charge in [0.05, 0.1) is 0 Å². The number of pyridine rings is 1. The lowest BCUT2D eigenvalue weighted by Crippen LogP contribution is -2.29. The molecule has 2 aromatic rings. The van der Waals surface area contributed by atoms with E-state index in [0.717, 1.165) is 25.7 Å². The van der Waals surface area contributed by atoms with E-state index in [1.807, 2.05) is 0 Å². The summed E-state index contributed by atoms with van der Waals surface area (Å²) >= 11 is 0. The second-order valence-corrected chi connectivity index (χ2v) is 5.05. The van der Waals surface area contributed by atoms with Gasteiger partial charge in [-0.1, -0.05) is 25.7 Å². The van der Waals surface area contributed by atoms with Gasteiger partial charge in [-0.15, -0.1) is 0 Å². The number of hydrogen-bond donors (Lipinski definition) is 0. The van der Waals surface area contributed by atoms with Crippen LogP contribution < -0.4 is 11.4 Å². The maximum Gasteiger partial charge on any atom is 0.423 e. The first kappa shape index (κ1) is 12.1. The summed E-state index contributed by atoms with van der Waals surface area (Å²) in [6.45, 7) is 0. The Labute approximate surface area is 109 Å². The fourth-order valence-corrected chi connectivity index (χ4v) is 2.86. The maximum atomic E-state index is 12.0. The Morgan fingerprint density at radius 2 is 1.89 bits per heavy atom. The fraction of sp³-hybridized carbons (Fsp3) is 0.500. The Hall–Kier alpha value is -1.91. The molecule has 1 saturated carbocycles. The van der Waals surface area contributed by atoms with Gasteiger partial charge in [-0.2, -0.15) is 0 Å². The molecule has 0 aromatic carbocycles. The van der Waals surface area contributed by atoms with Gasteiger partial charge in [0.25, 0.3) is 0 Å². The summed E-state index contributed by atoms with van der Waals surface area (Å²) in [7, 11) is 0. The maximum absolute atomic E-state index is 12.0. The van der Waals surface area contributed by atoms with Crippen molar-refractivity contribution in [2.75, 3.05) is 0 Å². The fourth-order valence-electron chi connectivity index (χ4n) is 2.86. The van der Waals surface area contributed by atoms with Crippen molar-refractivity contribution in [3.8, 4) is 0 Å². The summed E-state index contributed by atoms with van der Waals surface area (Å²) < 4.78 is 6.40.